The van der Waals surface area contributed by atoms with E-state index in [1.165, 1.54) is 6.07 Å². The predicted octanol–water partition coefficient (Wildman–Crippen LogP) is 3.40. The first kappa shape index (κ1) is 27.0. The molecule has 194 valence electrons. The van der Waals surface area contributed by atoms with E-state index in [2.05, 4.69) is 10.6 Å². The highest BCUT2D eigenvalue weighted by Crippen LogP contribution is 2.32. The Balaban J connectivity index is 1.42. The van der Waals surface area contributed by atoms with Gasteiger partial charge in [0.05, 0.1) is 16.8 Å². The number of hydrogen-bond acceptors (Lipinski definition) is 6. The quantitative estimate of drug-likeness (QED) is 0.262. The monoisotopic (exact) mass is 499 g/mol. The van der Waals surface area contributed by atoms with Crippen LogP contribution in [0.25, 0.3) is 0 Å². The summed E-state index contributed by atoms with van der Waals surface area (Å²) in [7, 11) is 0. The van der Waals surface area contributed by atoms with Crippen LogP contribution in [0.1, 0.15) is 104 Å². The summed E-state index contributed by atoms with van der Waals surface area (Å²) in [6, 6.07) is 3.58. The number of anilines is 1. The van der Waals surface area contributed by atoms with Crippen molar-refractivity contribution in [1.29, 1.82) is 0 Å². The minimum atomic E-state index is -1.05. The lowest BCUT2D eigenvalue weighted by Crippen LogP contribution is -2.54. The van der Waals surface area contributed by atoms with Gasteiger partial charge in [0.25, 0.3) is 11.8 Å². The molecule has 0 bridgehead atoms. The molecule has 1 aromatic carbocycles. The Hall–Kier alpha value is -3.56. The standard InChI is InChI=1S/C26H33N3O7/c30-20(13-8-6-4-2-1-3-5-7-9-14-22(32)33)27-18-12-10-11-17-23(18)26(36)29(25(17)35)19-15-16-21(31)28-24(19)34/h10-12,19H,1-9,13-16H2,(H,27,30)(H,32,33)(H,28,31,34). The lowest BCUT2D eigenvalue weighted by molar-refractivity contribution is -0.138. The van der Waals surface area contributed by atoms with E-state index in [4.69, 9.17) is 5.11 Å². The van der Waals surface area contributed by atoms with Crippen molar-refractivity contribution in [2.24, 2.45) is 0 Å². The van der Waals surface area contributed by atoms with Gasteiger partial charge >= 0.3 is 5.97 Å². The molecule has 0 spiro atoms. The zero-order chi connectivity index (χ0) is 26.1. The smallest absolute Gasteiger partial charge is 0.303 e. The van der Waals surface area contributed by atoms with Crippen LogP contribution < -0.4 is 10.6 Å². The summed E-state index contributed by atoms with van der Waals surface area (Å²) >= 11 is 0. The fraction of sp³-hybridized carbons (Fsp3) is 0.538. The fourth-order valence-corrected chi connectivity index (χ4v) is 4.63. The van der Waals surface area contributed by atoms with Crippen molar-refractivity contribution < 1.29 is 33.9 Å². The van der Waals surface area contributed by atoms with Crippen molar-refractivity contribution in [3.8, 4) is 0 Å². The number of carboxylic acids is 1. The number of piperidine rings is 1. The average molecular weight is 500 g/mol. The summed E-state index contributed by atoms with van der Waals surface area (Å²) in [5, 5.41) is 13.5. The molecule has 1 aromatic rings. The molecule has 10 nitrogen and oxygen atoms in total. The van der Waals surface area contributed by atoms with Gasteiger partial charge in [0.1, 0.15) is 6.04 Å². The van der Waals surface area contributed by atoms with Crippen LogP contribution in [0.15, 0.2) is 18.2 Å². The Morgan fingerprint density at radius 2 is 1.50 bits per heavy atom. The first-order valence-corrected chi connectivity index (χ1v) is 12.7. The third kappa shape index (κ3) is 6.99. The Kier molecular flexibility index (Phi) is 9.72. The van der Waals surface area contributed by atoms with Crippen LogP contribution in [0, 0.1) is 0 Å². The van der Waals surface area contributed by atoms with E-state index >= 15 is 0 Å². The molecule has 2 aliphatic rings. The number of aliphatic carboxylic acids is 1. The second-order valence-corrected chi connectivity index (χ2v) is 9.30. The molecule has 3 N–H and O–H groups in total. The van der Waals surface area contributed by atoms with Crippen LogP contribution >= 0.6 is 0 Å². The number of hydrogen-bond donors (Lipinski definition) is 3. The molecule has 5 amide bonds. The zero-order valence-corrected chi connectivity index (χ0v) is 20.3. The molecule has 1 fully saturated rings. The first-order chi connectivity index (χ1) is 17.3. The van der Waals surface area contributed by atoms with Gasteiger partial charge in [-0.15, -0.1) is 0 Å². The van der Waals surface area contributed by atoms with Crippen LogP contribution in [0.2, 0.25) is 0 Å². The van der Waals surface area contributed by atoms with E-state index < -0.39 is 35.6 Å². The first-order valence-electron chi connectivity index (χ1n) is 12.7. The van der Waals surface area contributed by atoms with Crippen molar-refractivity contribution in [1.82, 2.24) is 10.2 Å². The van der Waals surface area contributed by atoms with Crippen molar-refractivity contribution in [2.75, 3.05) is 5.32 Å². The van der Waals surface area contributed by atoms with Gasteiger partial charge in [0.2, 0.25) is 17.7 Å². The van der Waals surface area contributed by atoms with E-state index in [-0.39, 0.29) is 48.4 Å². The molecular weight excluding hydrogens is 466 g/mol. The van der Waals surface area contributed by atoms with Crippen LogP contribution in [-0.2, 0) is 19.2 Å². The Morgan fingerprint density at radius 3 is 2.11 bits per heavy atom. The topological polar surface area (TPSA) is 150 Å². The van der Waals surface area contributed by atoms with E-state index in [0.717, 1.165) is 56.3 Å². The second kappa shape index (κ2) is 12.9. The Labute approximate surface area is 209 Å². The molecule has 2 heterocycles. The van der Waals surface area contributed by atoms with Gasteiger partial charge in [-0.05, 0) is 31.4 Å². The van der Waals surface area contributed by atoms with Gasteiger partial charge in [0, 0.05) is 19.3 Å². The number of unbranched alkanes of at least 4 members (excludes halogenated alkanes) is 8. The number of carboxylic acid groups (broad SMARTS) is 1. The van der Waals surface area contributed by atoms with Crippen molar-refractivity contribution in [2.45, 2.75) is 89.5 Å². The van der Waals surface area contributed by atoms with Gasteiger partial charge in [-0.2, -0.15) is 0 Å². The van der Waals surface area contributed by atoms with E-state index in [9.17, 15) is 28.8 Å². The molecule has 2 aliphatic heterocycles. The van der Waals surface area contributed by atoms with E-state index in [1.807, 2.05) is 0 Å². The molecule has 10 heteroatoms. The van der Waals surface area contributed by atoms with Gasteiger partial charge in [-0.3, -0.25) is 39.0 Å². The maximum absolute atomic E-state index is 13.1. The lowest BCUT2D eigenvalue weighted by atomic mass is 10.0. The molecule has 0 radical (unpaired) electrons. The second-order valence-electron chi connectivity index (χ2n) is 9.30. The number of benzene rings is 1. The Morgan fingerprint density at radius 1 is 0.889 bits per heavy atom. The largest absolute Gasteiger partial charge is 0.481 e. The minimum Gasteiger partial charge on any atom is -0.481 e. The van der Waals surface area contributed by atoms with Crippen LogP contribution in [0.4, 0.5) is 5.69 Å². The van der Waals surface area contributed by atoms with Gasteiger partial charge in [-0.1, -0.05) is 51.0 Å². The van der Waals surface area contributed by atoms with Crippen molar-refractivity contribution in [3.05, 3.63) is 29.3 Å². The Bertz CT molecular complexity index is 1040. The van der Waals surface area contributed by atoms with Gasteiger partial charge < -0.3 is 10.4 Å². The normalized spacial score (nSPS) is 17.2. The number of amides is 5. The predicted molar refractivity (Wildman–Crippen MR) is 130 cm³/mol. The molecule has 0 saturated carbocycles. The third-order valence-corrected chi connectivity index (χ3v) is 6.54. The summed E-state index contributed by atoms with van der Waals surface area (Å²) in [6.07, 6.45) is 9.21. The minimum absolute atomic E-state index is 0.0419. The number of nitrogens with zero attached hydrogens (tertiary/aromatic N) is 1. The van der Waals surface area contributed by atoms with Gasteiger partial charge in [-0.25, -0.2) is 0 Å². The van der Waals surface area contributed by atoms with Gasteiger partial charge in [0.15, 0.2) is 0 Å². The SMILES string of the molecule is O=C(O)CCCCCCCCCCCC(=O)Nc1cccc2c1C(=O)N(C1CCC(=O)NC1=O)C2=O. The number of carbonyl (C=O) groups excluding carboxylic acids is 5. The highest BCUT2D eigenvalue weighted by atomic mass is 16.4. The third-order valence-electron chi connectivity index (χ3n) is 6.54. The van der Waals surface area contributed by atoms with Crippen molar-refractivity contribution in [3.63, 3.8) is 0 Å². The van der Waals surface area contributed by atoms with Crippen LogP contribution in [0.3, 0.4) is 0 Å². The highest BCUT2D eigenvalue weighted by molar-refractivity contribution is 6.26. The molecule has 0 aliphatic carbocycles. The summed E-state index contributed by atoms with van der Waals surface area (Å²) in [6.45, 7) is 0. The van der Waals surface area contributed by atoms with E-state index in [1.54, 1.807) is 12.1 Å². The summed E-state index contributed by atoms with van der Waals surface area (Å²) in [5.74, 6) is -3.37. The van der Waals surface area contributed by atoms with E-state index in [0.29, 0.717) is 6.42 Å². The summed E-state index contributed by atoms with van der Waals surface area (Å²) in [4.78, 5) is 73.4. The molecule has 1 atom stereocenters. The number of fused-ring (bicyclic) bond motifs is 1. The molecule has 36 heavy (non-hydrogen) atoms. The average Bonchev–Trinajstić information content (AvgIpc) is 3.08. The number of imide groups is 2. The maximum atomic E-state index is 13.1. The zero-order valence-electron chi connectivity index (χ0n) is 20.3. The molecular formula is C26H33N3O7. The van der Waals surface area contributed by atoms with Crippen LogP contribution in [-0.4, -0.2) is 51.6 Å². The highest BCUT2D eigenvalue weighted by Gasteiger charge is 2.45. The summed E-state index contributed by atoms with van der Waals surface area (Å²) in [5.41, 5.74) is 0.447. The molecule has 1 unspecified atom stereocenters. The molecule has 1 saturated heterocycles. The van der Waals surface area contributed by atoms with Crippen LogP contribution in [0.5, 0.6) is 0 Å². The molecule has 3 rings (SSSR count). The fourth-order valence-electron chi connectivity index (χ4n) is 4.63. The number of rotatable bonds is 14. The maximum Gasteiger partial charge on any atom is 0.303 e. The summed E-state index contributed by atoms with van der Waals surface area (Å²) < 4.78 is 0. The number of carbonyl (C=O) groups is 6. The molecule has 0 aromatic heterocycles. The number of nitrogens with one attached hydrogen (secondary N) is 2. The lowest BCUT2D eigenvalue weighted by Gasteiger charge is -2.27. The van der Waals surface area contributed by atoms with Crippen molar-refractivity contribution >= 4 is 41.2 Å².